The van der Waals surface area contributed by atoms with E-state index in [-0.39, 0.29) is 12.6 Å². The van der Waals surface area contributed by atoms with E-state index in [1.165, 1.54) is 15.7 Å². The van der Waals surface area contributed by atoms with Crippen molar-refractivity contribution in [3.63, 3.8) is 0 Å². The van der Waals surface area contributed by atoms with Crippen LogP contribution < -0.4 is 5.73 Å². The van der Waals surface area contributed by atoms with E-state index in [0.717, 1.165) is 5.75 Å². The molecule has 0 radical (unpaired) electrons. The highest BCUT2D eigenvalue weighted by molar-refractivity contribution is 7.99. The number of aliphatic hydroxyl groups is 1. The van der Waals surface area contributed by atoms with Crippen molar-refractivity contribution in [2.75, 3.05) is 12.4 Å². The van der Waals surface area contributed by atoms with E-state index >= 15 is 0 Å². The Morgan fingerprint density at radius 2 is 1.88 bits per heavy atom. The molecule has 0 saturated heterocycles. The molecule has 0 fully saturated rings. The van der Waals surface area contributed by atoms with Crippen LogP contribution >= 0.6 is 11.8 Å². The van der Waals surface area contributed by atoms with Crippen LogP contribution in [0.1, 0.15) is 0 Å². The Labute approximate surface area is 99.5 Å². The van der Waals surface area contributed by atoms with Crippen molar-refractivity contribution in [2.24, 2.45) is 5.73 Å². The fourth-order valence-corrected chi connectivity index (χ4v) is 2.40. The summed E-state index contributed by atoms with van der Waals surface area (Å²) in [5, 5.41) is 11.3. The minimum absolute atomic E-state index is 0.0422. The number of hydrogen-bond donors (Lipinski definition) is 2. The van der Waals surface area contributed by atoms with Crippen LogP contribution in [0.4, 0.5) is 0 Å². The molecule has 16 heavy (non-hydrogen) atoms. The first-order valence-corrected chi connectivity index (χ1v) is 6.26. The normalized spacial score (nSPS) is 12.9. The van der Waals surface area contributed by atoms with E-state index in [1.807, 2.05) is 12.1 Å². The zero-order valence-corrected chi connectivity index (χ0v) is 9.78. The zero-order valence-electron chi connectivity index (χ0n) is 8.97. The molecular formula is C13H15NOS. The average molecular weight is 233 g/mol. The summed E-state index contributed by atoms with van der Waals surface area (Å²) in [5.74, 6) is 0.745. The van der Waals surface area contributed by atoms with Gasteiger partial charge >= 0.3 is 0 Å². The molecule has 0 aromatic heterocycles. The second-order valence-electron chi connectivity index (χ2n) is 3.76. The fraction of sp³-hybridized carbons (Fsp3) is 0.231. The number of hydrogen-bond acceptors (Lipinski definition) is 3. The highest BCUT2D eigenvalue weighted by Gasteiger charge is 2.02. The lowest BCUT2D eigenvalue weighted by molar-refractivity contribution is 0.275. The Kier molecular flexibility index (Phi) is 3.83. The standard InChI is InChI=1S/C13H15NOS/c14-12(8-15)9-16-13-6-5-10-3-1-2-4-11(10)7-13/h1-7,12,15H,8-9,14H2/t12-/m0/s1. The quantitative estimate of drug-likeness (QED) is 0.796. The highest BCUT2D eigenvalue weighted by Crippen LogP contribution is 2.23. The van der Waals surface area contributed by atoms with E-state index < -0.39 is 0 Å². The van der Waals surface area contributed by atoms with Crippen LogP contribution in [-0.2, 0) is 0 Å². The Balaban J connectivity index is 2.13. The lowest BCUT2D eigenvalue weighted by atomic mass is 10.1. The molecule has 0 unspecified atom stereocenters. The molecule has 0 amide bonds. The van der Waals surface area contributed by atoms with Crippen molar-refractivity contribution in [3.05, 3.63) is 42.5 Å². The Morgan fingerprint density at radius 1 is 1.12 bits per heavy atom. The van der Waals surface area contributed by atoms with E-state index in [4.69, 9.17) is 10.8 Å². The van der Waals surface area contributed by atoms with E-state index in [9.17, 15) is 0 Å². The molecule has 84 valence electrons. The lowest BCUT2D eigenvalue weighted by Crippen LogP contribution is -2.26. The Morgan fingerprint density at radius 3 is 2.62 bits per heavy atom. The predicted octanol–water partition coefficient (Wildman–Crippen LogP) is 2.25. The van der Waals surface area contributed by atoms with Crippen LogP contribution in [0.5, 0.6) is 0 Å². The summed E-state index contributed by atoms with van der Waals surface area (Å²) < 4.78 is 0. The molecule has 3 heteroatoms. The third-order valence-electron chi connectivity index (χ3n) is 2.42. The summed E-state index contributed by atoms with van der Waals surface area (Å²) in [4.78, 5) is 1.20. The maximum absolute atomic E-state index is 8.85. The van der Waals surface area contributed by atoms with Crippen LogP contribution in [0.3, 0.4) is 0 Å². The highest BCUT2D eigenvalue weighted by atomic mass is 32.2. The summed E-state index contributed by atoms with van der Waals surface area (Å²) in [6.45, 7) is 0.0422. The first kappa shape index (κ1) is 11.5. The van der Waals surface area contributed by atoms with Gasteiger partial charge in [0.05, 0.1) is 6.61 Å². The Bertz CT molecular complexity index is 472. The van der Waals surface area contributed by atoms with Gasteiger partial charge in [0.15, 0.2) is 0 Å². The van der Waals surface area contributed by atoms with Crippen molar-refractivity contribution in [3.8, 4) is 0 Å². The van der Waals surface area contributed by atoms with E-state index in [1.54, 1.807) is 11.8 Å². The molecule has 0 bridgehead atoms. The van der Waals surface area contributed by atoms with E-state index in [0.29, 0.717) is 0 Å². The van der Waals surface area contributed by atoms with Crippen molar-refractivity contribution >= 4 is 22.5 Å². The second-order valence-corrected chi connectivity index (χ2v) is 4.86. The van der Waals surface area contributed by atoms with Crippen LogP contribution in [-0.4, -0.2) is 23.5 Å². The van der Waals surface area contributed by atoms with Gasteiger partial charge in [0.25, 0.3) is 0 Å². The molecule has 0 heterocycles. The topological polar surface area (TPSA) is 46.2 Å². The van der Waals surface area contributed by atoms with Gasteiger partial charge < -0.3 is 10.8 Å². The summed E-state index contributed by atoms with van der Waals surface area (Å²) in [6, 6.07) is 14.5. The van der Waals surface area contributed by atoms with E-state index in [2.05, 4.69) is 30.3 Å². The smallest absolute Gasteiger partial charge is 0.0590 e. The van der Waals surface area contributed by atoms with Gasteiger partial charge in [-0.25, -0.2) is 0 Å². The largest absolute Gasteiger partial charge is 0.395 e. The third-order valence-corrected chi connectivity index (χ3v) is 3.60. The number of fused-ring (bicyclic) bond motifs is 1. The molecule has 0 saturated carbocycles. The van der Waals surface area contributed by atoms with Crippen molar-refractivity contribution in [2.45, 2.75) is 10.9 Å². The number of rotatable bonds is 4. The molecule has 2 aromatic rings. The van der Waals surface area contributed by atoms with Gasteiger partial charge in [-0.2, -0.15) is 0 Å². The molecular weight excluding hydrogens is 218 g/mol. The maximum Gasteiger partial charge on any atom is 0.0590 e. The second kappa shape index (κ2) is 5.34. The van der Waals surface area contributed by atoms with Crippen molar-refractivity contribution in [1.82, 2.24) is 0 Å². The maximum atomic E-state index is 8.85. The first-order chi connectivity index (χ1) is 7.79. The van der Waals surface area contributed by atoms with Crippen LogP contribution in [0.15, 0.2) is 47.4 Å². The minimum atomic E-state index is -0.142. The lowest BCUT2D eigenvalue weighted by Gasteiger charge is -2.08. The van der Waals surface area contributed by atoms with Crippen molar-refractivity contribution in [1.29, 1.82) is 0 Å². The van der Waals surface area contributed by atoms with Crippen LogP contribution in [0.25, 0.3) is 10.8 Å². The van der Waals surface area contributed by atoms with Gasteiger partial charge in [-0.15, -0.1) is 11.8 Å². The number of aliphatic hydroxyl groups excluding tert-OH is 1. The molecule has 1 atom stereocenters. The first-order valence-electron chi connectivity index (χ1n) is 5.27. The average Bonchev–Trinajstić information content (AvgIpc) is 2.35. The van der Waals surface area contributed by atoms with Gasteiger partial charge in [0.2, 0.25) is 0 Å². The molecule has 0 aliphatic rings. The predicted molar refractivity (Wildman–Crippen MR) is 69.7 cm³/mol. The molecule has 2 rings (SSSR count). The third kappa shape index (κ3) is 2.76. The molecule has 2 aromatic carbocycles. The number of benzene rings is 2. The summed E-state index contributed by atoms with van der Waals surface area (Å²) in [5.41, 5.74) is 5.66. The Hall–Kier alpha value is -1.03. The zero-order chi connectivity index (χ0) is 11.4. The summed E-state index contributed by atoms with van der Waals surface area (Å²) in [7, 11) is 0. The van der Waals surface area contributed by atoms with Crippen molar-refractivity contribution < 1.29 is 5.11 Å². The SMILES string of the molecule is N[C@@H](CO)CSc1ccc2ccccc2c1. The summed E-state index contributed by atoms with van der Waals surface area (Å²) in [6.07, 6.45) is 0. The van der Waals surface area contributed by atoms with Gasteiger partial charge in [-0.05, 0) is 22.9 Å². The minimum Gasteiger partial charge on any atom is -0.395 e. The van der Waals surface area contributed by atoms with Crippen LogP contribution in [0, 0.1) is 0 Å². The van der Waals surface area contributed by atoms with Gasteiger partial charge in [-0.3, -0.25) is 0 Å². The molecule has 0 spiro atoms. The summed E-state index contributed by atoms with van der Waals surface area (Å²) >= 11 is 1.68. The van der Waals surface area contributed by atoms with Gasteiger partial charge in [0, 0.05) is 16.7 Å². The molecule has 0 aliphatic carbocycles. The van der Waals surface area contributed by atoms with Gasteiger partial charge in [-0.1, -0.05) is 30.3 Å². The molecule has 2 nitrogen and oxygen atoms in total. The molecule has 3 N–H and O–H groups in total. The fourth-order valence-electron chi connectivity index (χ4n) is 1.51. The monoisotopic (exact) mass is 233 g/mol. The number of thioether (sulfide) groups is 1. The van der Waals surface area contributed by atoms with Crippen LogP contribution in [0.2, 0.25) is 0 Å². The molecule has 0 aliphatic heterocycles. The van der Waals surface area contributed by atoms with Gasteiger partial charge in [0.1, 0.15) is 0 Å². The number of nitrogens with two attached hydrogens (primary N) is 1.